The van der Waals surface area contributed by atoms with Crippen molar-refractivity contribution in [3.8, 4) is 0 Å². The first-order chi connectivity index (χ1) is 14.1. The smallest absolute Gasteiger partial charge is 0.328 e. The molecule has 29 heavy (non-hydrogen) atoms. The van der Waals surface area contributed by atoms with Crippen molar-refractivity contribution >= 4 is 28.9 Å². The number of anilines is 3. The zero-order chi connectivity index (χ0) is 20.0. The lowest BCUT2D eigenvalue weighted by Crippen LogP contribution is -2.49. The number of fused-ring (bicyclic) bond motifs is 2. The zero-order valence-electron chi connectivity index (χ0n) is 16.6. The van der Waals surface area contributed by atoms with Gasteiger partial charge in [-0.15, -0.1) is 5.10 Å². The lowest BCUT2D eigenvalue weighted by Gasteiger charge is -2.34. The molecule has 150 valence electrons. The molecule has 5 rings (SSSR count). The van der Waals surface area contributed by atoms with E-state index < -0.39 is 0 Å². The number of pyridine rings is 1. The number of urea groups is 1. The molecular formula is C20H24N8O. The van der Waals surface area contributed by atoms with E-state index in [1.54, 1.807) is 21.8 Å². The van der Waals surface area contributed by atoms with E-state index in [0.717, 1.165) is 48.6 Å². The number of hydrogen-bond donors (Lipinski definition) is 2. The van der Waals surface area contributed by atoms with Crippen LogP contribution in [0.2, 0.25) is 0 Å². The highest BCUT2D eigenvalue weighted by atomic mass is 16.2. The average Bonchev–Trinajstić information content (AvgIpc) is 3.30. The van der Waals surface area contributed by atoms with Gasteiger partial charge in [0.1, 0.15) is 5.82 Å². The van der Waals surface area contributed by atoms with Gasteiger partial charge in [0.2, 0.25) is 0 Å². The van der Waals surface area contributed by atoms with Crippen LogP contribution in [0.5, 0.6) is 0 Å². The molecule has 3 aromatic heterocycles. The number of hydrogen-bond acceptors (Lipinski definition) is 6. The highest BCUT2D eigenvalue weighted by Crippen LogP contribution is 2.34. The number of carbonyl (C=O) groups is 1. The summed E-state index contributed by atoms with van der Waals surface area (Å²) < 4.78 is 1.72. The molecule has 0 spiro atoms. The minimum atomic E-state index is -0.213. The van der Waals surface area contributed by atoms with E-state index >= 15 is 0 Å². The Balaban J connectivity index is 1.38. The van der Waals surface area contributed by atoms with Gasteiger partial charge in [-0.25, -0.2) is 14.3 Å². The van der Waals surface area contributed by atoms with Crippen molar-refractivity contribution in [3.63, 3.8) is 0 Å². The molecule has 0 saturated carbocycles. The molecule has 1 fully saturated rings. The third-order valence-corrected chi connectivity index (χ3v) is 5.51. The van der Waals surface area contributed by atoms with Crippen molar-refractivity contribution in [2.45, 2.75) is 26.3 Å². The highest BCUT2D eigenvalue weighted by molar-refractivity contribution is 6.02. The summed E-state index contributed by atoms with van der Waals surface area (Å²) in [6, 6.07) is 4.11. The Morgan fingerprint density at radius 2 is 2.21 bits per heavy atom. The average molecular weight is 392 g/mol. The van der Waals surface area contributed by atoms with Crippen LogP contribution in [0.4, 0.5) is 22.1 Å². The predicted molar refractivity (Wildman–Crippen MR) is 112 cm³/mol. The summed E-state index contributed by atoms with van der Waals surface area (Å²) in [5, 5.41) is 10.8. The minimum Gasteiger partial charge on any atom is -0.368 e. The third-order valence-electron chi connectivity index (χ3n) is 5.51. The molecule has 0 bridgehead atoms. The Hall–Kier alpha value is -3.20. The number of aromatic nitrogens is 4. The molecule has 2 amide bonds. The molecule has 1 saturated heterocycles. The molecule has 0 aromatic carbocycles. The standard InChI is InChI=1S/C20H24N8O/c1-13-11-26(8-6-21-13)17-3-5-22-19-16(17)4-7-27(19)20(29)24-18-9-15-10-23-14(2)12-28(15)25-18/h3,5,9-10,12-13,21H,4,6-8,11H2,1-2H3,(H,24,25,29)/t13-/m0/s1. The van der Waals surface area contributed by atoms with E-state index in [0.29, 0.717) is 18.4 Å². The van der Waals surface area contributed by atoms with Crippen molar-refractivity contribution in [1.82, 2.24) is 24.9 Å². The number of nitrogens with one attached hydrogen (secondary N) is 2. The normalized spacial score (nSPS) is 18.9. The number of aryl methyl sites for hydroxylation is 1. The molecule has 3 aromatic rings. The minimum absolute atomic E-state index is 0.213. The fourth-order valence-electron chi connectivity index (χ4n) is 4.14. The van der Waals surface area contributed by atoms with Gasteiger partial charge in [0.25, 0.3) is 0 Å². The van der Waals surface area contributed by atoms with Crippen LogP contribution in [0, 0.1) is 6.92 Å². The van der Waals surface area contributed by atoms with E-state index in [1.807, 2.05) is 19.2 Å². The van der Waals surface area contributed by atoms with Crippen molar-refractivity contribution in [2.75, 3.05) is 41.3 Å². The van der Waals surface area contributed by atoms with Crippen LogP contribution < -0.4 is 20.4 Å². The molecule has 0 unspecified atom stereocenters. The Bertz CT molecular complexity index is 1080. The molecule has 0 aliphatic carbocycles. The molecule has 9 nitrogen and oxygen atoms in total. The summed E-state index contributed by atoms with van der Waals surface area (Å²) >= 11 is 0. The van der Waals surface area contributed by atoms with Crippen LogP contribution in [0.3, 0.4) is 0 Å². The second kappa shape index (κ2) is 7.00. The maximum Gasteiger partial charge on any atom is 0.328 e. The highest BCUT2D eigenvalue weighted by Gasteiger charge is 2.30. The third kappa shape index (κ3) is 3.27. The second-order valence-corrected chi connectivity index (χ2v) is 7.69. The first-order valence-corrected chi connectivity index (χ1v) is 9.95. The molecular weight excluding hydrogens is 368 g/mol. The van der Waals surface area contributed by atoms with Crippen molar-refractivity contribution in [1.29, 1.82) is 0 Å². The largest absolute Gasteiger partial charge is 0.368 e. The van der Waals surface area contributed by atoms with Crippen LogP contribution in [0.15, 0.2) is 30.7 Å². The van der Waals surface area contributed by atoms with Gasteiger partial charge >= 0.3 is 6.03 Å². The number of nitrogens with zero attached hydrogens (tertiary/aromatic N) is 6. The Kier molecular flexibility index (Phi) is 4.31. The summed E-state index contributed by atoms with van der Waals surface area (Å²) in [6.07, 6.45) is 6.17. The second-order valence-electron chi connectivity index (χ2n) is 7.69. The van der Waals surface area contributed by atoms with Gasteiger partial charge in [-0.2, -0.15) is 0 Å². The SMILES string of the molecule is Cc1cn2nc(NC(=O)N3CCc4c(N5CCN[C@@H](C)C5)ccnc43)cc2cn1. The summed E-state index contributed by atoms with van der Waals surface area (Å²) in [7, 11) is 0. The number of amides is 2. The van der Waals surface area contributed by atoms with E-state index in [2.05, 4.69) is 43.6 Å². The van der Waals surface area contributed by atoms with Gasteiger partial charge in [0, 0.05) is 55.7 Å². The Morgan fingerprint density at radius 3 is 3.07 bits per heavy atom. The lowest BCUT2D eigenvalue weighted by molar-refractivity contribution is 0.257. The summed E-state index contributed by atoms with van der Waals surface area (Å²) in [5.74, 6) is 1.25. The van der Waals surface area contributed by atoms with E-state index in [4.69, 9.17) is 0 Å². The van der Waals surface area contributed by atoms with Crippen LogP contribution in [-0.2, 0) is 6.42 Å². The summed E-state index contributed by atoms with van der Waals surface area (Å²) in [6.45, 7) is 7.59. The van der Waals surface area contributed by atoms with Crippen molar-refractivity contribution in [2.24, 2.45) is 0 Å². The Labute approximate surface area is 168 Å². The van der Waals surface area contributed by atoms with Crippen LogP contribution in [-0.4, -0.2) is 57.8 Å². The quantitative estimate of drug-likeness (QED) is 0.691. The fourth-order valence-corrected chi connectivity index (χ4v) is 4.14. The van der Waals surface area contributed by atoms with Gasteiger partial charge in [0.15, 0.2) is 5.82 Å². The monoisotopic (exact) mass is 392 g/mol. The predicted octanol–water partition coefficient (Wildman–Crippen LogP) is 1.83. The van der Waals surface area contributed by atoms with E-state index in [-0.39, 0.29) is 6.03 Å². The molecule has 2 N–H and O–H groups in total. The topological polar surface area (TPSA) is 90.7 Å². The fraction of sp³-hybridized carbons (Fsp3) is 0.400. The molecule has 5 heterocycles. The lowest BCUT2D eigenvalue weighted by atomic mass is 10.1. The summed E-state index contributed by atoms with van der Waals surface area (Å²) in [5.41, 5.74) is 4.03. The van der Waals surface area contributed by atoms with Gasteiger partial charge < -0.3 is 10.2 Å². The van der Waals surface area contributed by atoms with Crippen LogP contribution >= 0.6 is 0 Å². The molecule has 0 radical (unpaired) electrons. The van der Waals surface area contributed by atoms with Gasteiger partial charge in [-0.1, -0.05) is 0 Å². The molecule has 2 aliphatic heterocycles. The molecule has 1 atom stereocenters. The number of rotatable bonds is 2. The molecule has 9 heteroatoms. The first-order valence-electron chi connectivity index (χ1n) is 9.95. The Morgan fingerprint density at radius 1 is 1.31 bits per heavy atom. The maximum atomic E-state index is 12.9. The first kappa shape index (κ1) is 17.9. The van der Waals surface area contributed by atoms with Crippen LogP contribution in [0.25, 0.3) is 5.52 Å². The van der Waals surface area contributed by atoms with Crippen molar-refractivity contribution in [3.05, 3.63) is 42.0 Å². The van der Waals surface area contributed by atoms with E-state index in [1.165, 1.54) is 5.69 Å². The van der Waals surface area contributed by atoms with Gasteiger partial charge in [0.05, 0.1) is 23.6 Å². The maximum absolute atomic E-state index is 12.9. The van der Waals surface area contributed by atoms with Gasteiger partial charge in [-0.3, -0.25) is 15.2 Å². The summed E-state index contributed by atoms with van der Waals surface area (Å²) in [4.78, 5) is 25.8. The number of carbonyl (C=O) groups excluding carboxylic acids is 1. The number of piperazine rings is 1. The van der Waals surface area contributed by atoms with E-state index in [9.17, 15) is 4.79 Å². The molecule has 2 aliphatic rings. The zero-order valence-corrected chi connectivity index (χ0v) is 16.6. The van der Waals surface area contributed by atoms with Gasteiger partial charge in [-0.05, 0) is 26.3 Å². The van der Waals surface area contributed by atoms with Crippen molar-refractivity contribution < 1.29 is 4.79 Å². The van der Waals surface area contributed by atoms with Crippen LogP contribution in [0.1, 0.15) is 18.2 Å².